The SMILES string of the molecule is CC/C=C\C[C@@H](O)/C=C/C=C\C=C\[C@@H](O)C/C=C\C/C=C\CCC(=O)OC[C@H](COP(=O)(O)OP(=O)(O)OC[C@H]1O[C@@H](n2ccc(N)nc2=O)[C@H](O)[C@@H]1O)OC(=O)CCCCCCC/C=C\C/C=C\CCCCC. The average molecular weight is 1080 g/mol. The Morgan fingerprint density at radius 3 is 1.95 bits per heavy atom. The lowest BCUT2D eigenvalue weighted by atomic mass is 10.1. The zero-order valence-corrected chi connectivity index (χ0v) is 44.6. The summed E-state index contributed by atoms with van der Waals surface area (Å²) < 4.78 is 56.6. The monoisotopic (exact) mass is 1080 g/mol. The molecule has 8 N–H and O–H groups in total. The first-order valence-electron chi connectivity index (χ1n) is 25.5. The number of anilines is 1. The third-order valence-electron chi connectivity index (χ3n) is 10.8. The van der Waals surface area contributed by atoms with E-state index in [-0.39, 0.29) is 18.7 Å². The molecule has 2 unspecified atom stereocenters. The van der Waals surface area contributed by atoms with Crippen molar-refractivity contribution in [3.05, 3.63) is 120 Å². The van der Waals surface area contributed by atoms with Gasteiger partial charge in [0.15, 0.2) is 12.3 Å². The number of carbonyl (C=O) groups excluding carboxylic acids is 2. The van der Waals surface area contributed by atoms with E-state index in [1.807, 2.05) is 37.3 Å². The zero-order chi connectivity index (χ0) is 54.5. The highest BCUT2D eigenvalue weighted by Gasteiger charge is 2.46. The average Bonchev–Trinajstić information content (AvgIpc) is 3.63. The predicted molar refractivity (Wildman–Crippen MR) is 282 cm³/mol. The third kappa shape index (κ3) is 31.5. The van der Waals surface area contributed by atoms with Crippen LogP contribution in [0.15, 0.2) is 114 Å². The number of esters is 2. The lowest BCUT2D eigenvalue weighted by Gasteiger charge is -2.21. The number of carbonyl (C=O) groups is 2. The second kappa shape index (κ2) is 39.0. The van der Waals surface area contributed by atoms with Crippen LogP contribution in [0.5, 0.6) is 0 Å². The van der Waals surface area contributed by atoms with Crippen molar-refractivity contribution in [3.8, 4) is 0 Å². The largest absolute Gasteiger partial charge is 0.481 e. The minimum absolute atomic E-state index is 0.00959. The second-order valence-corrected chi connectivity index (χ2v) is 20.4. The Bertz CT molecular complexity index is 2160. The van der Waals surface area contributed by atoms with Crippen molar-refractivity contribution in [3.63, 3.8) is 0 Å². The molecule has 0 spiro atoms. The molecule has 1 aliphatic heterocycles. The molecule has 2 heterocycles. The van der Waals surface area contributed by atoms with Gasteiger partial charge in [0.1, 0.15) is 30.7 Å². The Kier molecular flexibility index (Phi) is 34.7. The molecule has 0 bridgehead atoms. The summed E-state index contributed by atoms with van der Waals surface area (Å²) in [6.07, 6.45) is 35.6. The smallest absolute Gasteiger partial charge is 0.462 e. The van der Waals surface area contributed by atoms with E-state index < -0.39 is 95.9 Å². The molecule has 20 nitrogen and oxygen atoms in total. The van der Waals surface area contributed by atoms with E-state index in [0.29, 0.717) is 32.1 Å². The van der Waals surface area contributed by atoms with E-state index in [0.717, 1.165) is 62.1 Å². The molecule has 1 aromatic rings. The van der Waals surface area contributed by atoms with Crippen molar-refractivity contribution in [2.24, 2.45) is 0 Å². The van der Waals surface area contributed by atoms with E-state index >= 15 is 0 Å². The van der Waals surface area contributed by atoms with Gasteiger partial charge >= 0.3 is 33.3 Å². The number of aliphatic hydroxyl groups excluding tert-OH is 4. The van der Waals surface area contributed by atoms with Crippen LogP contribution < -0.4 is 11.4 Å². The number of aliphatic hydroxyl groups is 4. The number of phosphoric acid groups is 2. The Morgan fingerprint density at radius 2 is 1.31 bits per heavy atom. The summed E-state index contributed by atoms with van der Waals surface area (Å²) in [5, 5.41) is 41.0. The number of nitrogen functional groups attached to an aromatic ring is 1. The number of ether oxygens (including phenoxy) is 3. The molecule has 9 atom stereocenters. The molecule has 1 aromatic heterocycles. The first kappa shape index (κ1) is 65.7. The number of nitrogens with two attached hydrogens (primary N) is 1. The lowest BCUT2D eigenvalue weighted by molar-refractivity contribution is -0.161. The maximum atomic E-state index is 12.9. The molecule has 1 saturated heterocycles. The maximum Gasteiger partial charge on any atom is 0.481 e. The van der Waals surface area contributed by atoms with Crippen LogP contribution in [-0.2, 0) is 46.3 Å². The number of aromatic nitrogens is 2. The van der Waals surface area contributed by atoms with Crippen LogP contribution in [0, 0.1) is 0 Å². The van der Waals surface area contributed by atoms with Crippen LogP contribution in [0.3, 0.4) is 0 Å². The van der Waals surface area contributed by atoms with Crippen LogP contribution in [-0.4, -0.2) is 108 Å². The Balaban J connectivity index is 1.87. The van der Waals surface area contributed by atoms with Gasteiger partial charge in [-0.15, -0.1) is 0 Å². The Labute approximate surface area is 435 Å². The van der Waals surface area contributed by atoms with Gasteiger partial charge in [0, 0.05) is 19.0 Å². The number of hydrogen-bond donors (Lipinski definition) is 7. The molecule has 0 radical (unpaired) electrons. The number of rotatable bonds is 40. The summed E-state index contributed by atoms with van der Waals surface area (Å²) in [5.74, 6) is -1.50. The summed E-state index contributed by atoms with van der Waals surface area (Å²) >= 11 is 0. The highest BCUT2D eigenvalue weighted by molar-refractivity contribution is 7.61. The minimum Gasteiger partial charge on any atom is -0.462 e. The first-order valence-corrected chi connectivity index (χ1v) is 28.5. The van der Waals surface area contributed by atoms with E-state index in [1.54, 1.807) is 42.5 Å². The van der Waals surface area contributed by atoms with Crippen molar-refractivity contribution in [1.29, 1.82) is 0 Å². The molecular weight excluding hydrogens is 1000 g/mol. The van der Waals surface area contributed by atoms with Gasteiger partial charge in [-0.2, -0.15) is 9.29 Å². The summed E-state index contributed by atoms with van der Waals surface area (Å²) in [5.41, 5.74) is 4.57. The van der Waals surface area contributed by atoms with Crippen LogP contribution in [0.1, 0.15) is 136 Å². The highest BCUT2D eigenvalue weighted by Crippen LogP contribution is 2.60. The Morgan fingerprint density at radius 1 is 0.730 bits per heavy atom. The van der Waals surface area contributed by atoms with Crippen molar-refractivity contribution < 1.29 is 76.5 Å². The molecule has 0 amide bonds. The number of hydrogen-bond acceptors (Lipinski definition) is 17. The normalized spacial score (nSPS) is 20.5. The quantitative estimate of drug-likeness (QED) is 0.0107. The lowest BCUT2D eigenvalue weighted by Crippen LogP contribution is -2.36. The van der Waals surface area contributed by atoms with Gasteiger partial charge in [-0.3, -0.25) is 23.2 Å². The molecule has 416 valence electrons. The topological polar surface area (TPSA) is 306 Å². The molecular formula is C52H81N3O17P2. The molecule has 1 aliphatic rings. The van der Waals surface area contributed by atoms with Crippen molar-refractivity contribution in [2.45, 2.75) is 172 Å². The zero-order valence-electron chi connectivity index (χ0n) is 42.8. The van der Waals surface area contributed by atoms with Gasteiger partial charge in [-0.05, 0) is 76.7 Å². The number of phosphoric ester groups is 2. The summed E-state index contributed by atoms with van der Waals surface area (Å²) in [7, 11) is -10.9. The van der Waals surface area contributed by atoms with Crippen molar-refractivity contribution in [2.75, 3.05) is 25.6 Å². The molecule has 2 rings (SSSR count). The number of allylic oxidation sites excluding steroid dienone is 12. The van der Waals surface area contributed by atoms with Gasteiger partial charge in [0.2, 0.25) is 0 Å². The molecule has 74 heavy (non-hydrogen) atoms. The molecule has 1 fully saturated rings. The van der Waals surface area contributed by atoms with Crippen LogP contribution in [0.4, 0.5) is 5.82 Å². The van der Waals surface area contributed by atoms with Crippen LogP contribution >= 0.6 is 15.6 Å². The van der Waals surface area contributed by atoms with E-state index in [1.165, 1.54) is 25.3 Å². The van der Waals surface area contributed by atoms with Gasteiger partial charge in [-0.25, -0.2) is 13.9 Å². The summed E-state index contributed by atoms with van der Waals surface area (Å²) in [6, 6.07) is 1.23. The summed E-state index contributed by atoms with van der Waals surface area (Å²) in [4.78, 5) is 61.9. The predicted octanol–water partition coefficient (Wildman–Crippen LogP) is 8.38. The summed E-state index contributed by atoms with van der Waals surface area (Å²) in [6.45, 7) is 1.74. The van der Waals surface area contributed by atoms with Crippen molar-refractivity contribution >= 4 is 33.4 Å². The fourth-order valence-corrected chi connectivity index (χ4v) is 8.95. The van der Waals surface area contributed by atoms with Gasteiger partial charge in [0.25, 0.3) is 0 Å². The second-order valence-electron chi connectivity index (χ2n) is 17.3. The highest BCUT2D eigenvalue weighted by atomic mass is 31.3. The van der Waals surface area contributed by atoms with E-state index in [2.05, 4.69) is 40.5 Å². The molecule has 0 aromatic carbocycles. The number of nitrogens with zero attached hydrogens (tertiary/aromatic N) is 2. The van der Waals surface area contributed by atoms with Gasteiger partial charge < -0.3 is 50.2 Å². The van der Waals surface area contributed by atoms with Gasteiger partial charge in [-0.1, -0.05) is 143 Å². The Hall–Kier alpha value is -4.40. The fourth-order valence-electron chi connectivity index (χ4n) is 6.84. The van der Waals surface area contributed by atoms with Crippen LogP contribution in [0.2, 0.25) is 0 Å². The molecule has 0 aliphatic carbocycles. The molecule has 0 saturated carbocycles. The standard InChI is InChI=1S/C52H81N3O17P2/c1-3-5-7-8-9-10-11-12-13-14-15-16-17-22-30-36-48(59)70-44(39-67-47(58)35-29-21-19-18-20-26-32-43(57)34-28-24-23-27-33-42(56)31-25-6-4-2)40-68-73(63,64)72-74(65,66)69-41-45-49(60)50(61)51(71-45)55-38-37-46(53)54-52(55)62/h6,9-10,12-13,19-21,23-28,33-34,37-38,42-45,49-51,56-57,60-61H,3-5,7-8,11,14-18,22,29-32,35-36,39-41H2,1-2H3,(H,63,64)(H,65,66)(H2,53,54,62)/b10-9-,13-12-,21-19-,24-23-,25-6-,26-20-,33-27+,34-28+/t42-,43+,44-,45-,49-,50-,51-/m1/s1. The number of unbranched alkanes of at least 4 members (excludes halogenated alkanes) is 8. The van der Waals surface area contributed by atoms with Gasteiger partial charge in [0.05, 0.1) is 25.4 Å². The molecule has 22 heteroatoms. The maximum absolute atomic E-state index is 12.9. The third-order valence-corrected chi connectivity index (χ3v) is 13.4. The van der Waals surface area contributed by atoms with E-state index in [9.17, 15) is 53.7 Å². The fraction of sp³-hybridized carbons (Fsp3) is 0.577. The van der Waals surface area contributed by atoms with E-state index in [4.69, 9.17) is 29.0 Å². The minimum atomic E-state index is -5.47. The van der Waals surface area contributed by atoms with Crippen LogP contribution in [0.25, 0.3) is 0 Å². The van der Waals surface area contributed by atoms with Crippen molar-refractivity contribution in [1.82, 2.24) is 9.55 Å². The first-order chi connectivity index (χ1) is 35.5.